The van der Waals surface area contributed by atoms with E-state index < -0.39 is 0 Å². The van der Waals surface area contributed by atoms with Gasteiger partial charge in [0.05, 0.1) is 17.2 Å². The minimum atomic E-state index is -0.225. The molecule has 2 aromatic carbocycles. The predicted octanol–water partition coefficient (Wildman–Crippen LogP) is 5.22. The van der Waals surface area contributed by atoms with Crippen LogP contribution in [0.2, 0.25) is 5.02 Å². The Morgan fingerprint density at radius 3 is 2.69 bits per heavy atom. The zero-order chi connectivity index (χ0) is 22.5. The number of hydrogen-bond acceptors (Lipinski definition) is 5. The van der Waals surface area contributed by atoms with Crippen LogP contribution in [0.3, 0.4) is 0 Å². The van der Waals surface area contributed by atoms with Crippen molar-refractivity contribution in [1.29, 1.82) is 0 Å². The van der Waals surface area contributed by atoms with Gasteiger partial charge < -0.3 is 18.9 Å². The van der Waals surface area contributed by atoms with Crippen LogP contribution in [0.5, 0.6) is 5.75 Å². The second-order valence-electron chi connectivity index (χ2n) is 7.52. The molecule has 164 valence electrons. The molecular weight excluding hydrogens is 430 g/mol. The quantitative estimate of drug-likeness (QED) is 0.397. The molecule has 1 amide bonds. The molecule has 1 N–H and O–H groups in total. The number of carbonyl (C=O) groups excluding carboxylic acids is 1. The van der Waals surface area contributed by atoms with Crippen molar-refractivity contribution < 1.29 is 18.4 Å². The summed E-state index contributed by atoms with van der Waals surface area (Å²) in [5, 5.41) is 3.93. The molecule has 4 aromatic rings. The number of aryl methyl sites for hydroxylation is 1. The fraction of sp³-hybridized carbons (Fsp3) is 0.200. The van der Waals surface area contributed by atoms with Crippen LogP contribution in [0, 0.1) is 0 Å². The molecule has 0 fully saturated rings. The molecule has 0 bridgehead atoms. The largest absolute Gasteiger partial charge is 0.484 e. The maximum absolute atomic E-state index is 12.9. The molecular formula is C25H22ClNO5. The summed E-state index contributed by atoms with van der Waals surface area (Å²) in [5.74, 6) is 1.11. The molecule has 0 aliphatic rings. The average molecular weight is 452 g/mol. The molecule has 0 aliphatic carbocycles. The molecule has 32 heavy (non-hydrogen) atoms. The van der Waals surface area contributed by atoms with Crippen LogP contribution in [0.1, 0.15) is 19.1 Å². The van der Waals surface area contributed by atoms with E-state index in [2.05, 4.69) is 5.32 Å². The maximum Gasteiger partial charge on any atom is 0.258 e. The van der Waals surface area contributed by atoms with E-state index in [1.165, 1.54) is 6.26 Å². The Morgan fingerprint density at radius 1 is 1.12 bits per heavy atom. The first kappa shape index (κ1) is 21.7. The predicted molar refractivity (Wildman–Crippen MR) is 123 cm³/mol. The van der Waals surface area contributed by atoms with Gasteiger partial charge in [-0.05, 0) is 55.3 Å². The van der Waals surface area contributed by atoms with Gasteiger partial charge in [0.1, 0.15) is 23.4 Å². The number of amides is 1. The van der Waals surface area contributed by atoms with Crippen molar-refractivity contribution in [3.63, 3.8) is 0 Å². The number of hydrogen-bond donors (Lipinski definition) is 1. The lowest BCUT2D eigenvalue weighted by Gasteiger charge is -2.14. The Labute approximate surface area is 189 Å². The highest BCUT2D eigenvalue weighted by Gasteiger charge is 2.12. The van der Waals surface area contributed by atoms with Crippen molar-refractivity contribution in [2.24, 2.45) is 0 Å². The summed E-state index contributed by atoms with van der Waals surface area (Å²) in [4.78, 5) is 25.0. The monoisotopic (exact) mass is 451 g/mol. The molecule has 6 nitrogen and oxygen atoms in total. The molecule has 2 aromatic heterocycles. The molecule has 0 radical (unpaired) electrons. The normalized spacial score (nSPS) is 11.9. The fourth-order valence-electron chi connectivity index (χ4n) is 3.38. The number of benzene rings is 2. The molecule has 0 saturated carbocycles. The van der Waals surface area contributed by atoms with E-state index in [9.17, 15) is 9.59 Å². The van der Waals surface area contributed by atoms with Gasteiger partial charge in [0.25, 0.3) is 5.91 Å². The van der Waals surface area contributed by atoms with E-state index in [-0.39, 0.29) is 24.0 Å². The van der Waals surface area contributed by atoms with Crippen LogP contribution < -0.4 is 15.5 Å². The molecule has 0 spiro atoms. The Hall–Kier alpha value is -3.51. The van der Waals surface area contributed by atoms with Crippen LogP contribution in [0.15, 0.2) is 80.8 Å². The highest BCUT2D eigenvalue weighted by molar-refractivity contribution is 6.30. The van der Waals surface area contributed by atoms with Gasteiger partial charge in [0.15, 0.2) is 12.0 Å². The smallest absolute Gasteiger partial charge is 0.258 e. The van der Waals surface area contributed by atoms with Crippen LogP contribution in [-0.4, -0.2) is 18.6 Å². The third kappa shape index (κ3) is 5.21. The second kappa shape index (κ2) is 9.75. The standard InChI is InChI=1S/C25H22ClNO5/c1-16(4-9-19-3-2-12-30-19)27-24(28)15-31-20-10-11-21-23(13-20)32-14-22(25(21)29)17-5-7-18(26)8-6-17/h2-3,5-8,10-14,16H,4,9,15H2,1H3,(H,27,28). The van der Waals surface area contributed by atoms with E-state index in [1.807, 2.05) is 19.1 Å². The number of carbonyl (C=O) groups is 1. The van der Waals surface area contributed by atoms with Gasteiger partial charge in [-0.25, -0.2) is 0 Å². The third-order valence-corrected chi connectivity index (χ3v) is 5.33. The van der Waals surface area contributed by atoms with E-state index in [0.717, 1.165) is 24.2 Å². The van der Waals surface area contributed by atoms with E-state index in [1.54, 1.807) is 48.7 Å². The van der Waals surface area contributed by atoms with Crippen molar-refractivity contribution in [3.05, 3.63) is 88.1 Å². The Bertz CT molecular complexity index is 1260. The maximum atomic E-state index is 12.9. The Balaban J connectivity index is 1.37. The van der Waals surface area contributed by atoms with Crippen molar-refractivity contribution in [2.75, 3.05) is 6.61 Å². The summed E-state index contributed by atoms with van der Waals surface area (Å²) < 4.78 is 16.6. The number of rotatable bonds is 8. The Kier molecular flexibility index (Phi) is 6.61. The number of halogens is 1. The minimum absolute atomic E-state index is 0.0166. The Morgan fingerprint density at radius 2 is 1.94 bits per heavy atom. The topological polar surface area (TPSA) is 81.7 Å². The summed E-state index contributed by atoms with van der Waals surface area (Å²) >= 11 is 5.92. The van der Waals surface area contributed by atoms with E-state index in [0.29, 0.717) is 27.3 Å². The first-order valence-electron chi connectivity index (χ1n) is 10.3. The van der Waals surface area contributed by atoms with Gasteiger partial charge in [-0.1, -0.05) is 23.7 Å². The lowest BCUT2D eigenvalue weighted by Crippen LogP contribution is -2.36. The zero-order valence-electron chi connectivity index (χ0n) is 17.5. The minimum Gasteiger partial charge on any atom is -0.484 e. The molecule has 1 unspecified atom stereocenters. The van der Waals surface area contributed by atoms with Gasteiger partial charge >= 0.3 is 0 Å². The third-order valence-electron chi connectivity index (χ3n) is 5.08. The lowest BCUT2D eigenvalue weighted by molar-refractivity contribution is -0.123. The lowest BCUT2D eigenvalue weighted by atomic mass is 10.1. The molecule has 1 atom stereocenters. The molecule has 0 saturated heterocycles. The SMILES string of the molecule is CC(CCc1ccco1)NC(=O)COc1ccc2c(=O)c(-c3ccc(Cl)cc3)coc2c1. The zero-order valence-corrected chi connectivity index (χ0v) is 18.2. The summed E-state index contributed by atoms with van der Waals surface area (Å²) in [6.07, 6.45) is 4.56. The van der Waals surface area contributed by atoms with Crippen molar-refractivity contribution >= 4 is 28.5 Å². The van der Waals surface area contributed by atoms with Gasteiger partial charge in [-0.15, -0.1) is 0 Å². The van der Waals surface area contributed by atoms with Gasteiger partial charge in [0, 0.05) is 23.6 Å². The average Bonchev–Trinajstić information content (AvgIpc) is 3.31. The first-order chi connectivity index (χ1) is 15.5. The van der Waals surface area contributed by atoms with E-state index in [4.69, 9.17) is 25.2 Å². The van der Waals surface area contributed by atoms with Gasteiger partial charge in [-0.3, -0.25) is 9.59 Å². The highest BCUT2D eigenvalue weighted by atomic mass is 35.5. The summed E-state index contributed by atoms with van der Waals surface area (Å²) in [6, 6.07) is 15.6. The van der Waals surface area contributed by atoms with Crippen molar-refractivity contribution in [1.82, 2.24) is 5.32 Å². The number of fused-ring (bicyclic) bond motifs is 1. The first-order valence-corrected chi connectivity index (χ1v) is 10.6. The second-order valence-corrected chi connectivity index (χ2v) is 7.96. The van der Waals surface area contributed by atoms with Gasteiger partial charge in [-0.2, -0.15) is 0 Å². The number of ether oxygens (including phenoxy) is 1. The molecule has 4 rings (SSSR count). The molecule has 2 heterocycles. The van der Waals surface area contributed by atoms with Crippen molar-refractivity contribution in [3.8, 4) is 16.9 Å². The van der Waals surface area contributed by atoms with Crippen molar-refractivity contribution in [2.45, 2.75) is 25.8 Å². The van der Waals surface area contributed by atoms with Gasteiger partial charge in [0.2, 0.25) is 0 Å². The number of nitrogens with one attached hydrogen (secondary N) is 1. The van der Waals surface area contributed by atoms with E-state index >= 15 is 0 Å². The van der Waals surface area contributed by atoms with Crippen LogP contribution in [-0.2, 0) is 11.2 Å². The summed E-state index contributed by atoms with van der Waals surface area (Å²) in [6.45, 7) is 1.80. The van der Waals surface area contributed by atoms with Crippen LogP contribution >= 0.6 is 11.6 Å². The van der Waals surface area contributed by atoms with Crippen LogP contribution in [0.25, 0.3) is 22.1 Å². The molecule has 7 heteroatoms. The van der Waals surface area contributed by atoms with Crippen LogP contribution in [0.4, 0.5) is 0 Å². The summed E-state index contributed by atoms with van der Waals surface area (Å²) in [5.41, 5.74) is 1.41. The fourth-order valence-corrected chi connectivity index (χ4v) is 3.50. The molecule has 0 aliphatic heterocycles. The summed E-state index contributed by atoms with van der Waals surface area (Å²) in [7, 11) is 0. The number of furan rings is 1. The highest BCUT2D eigenvalue weighted by Crippen LogP contribution is 2.24.